The fourth-order valence-corrected chi connectivity index (χ4v) is 1.63. The highest BCUT2D eigenvalue weighted by Crippen LogP contribution is 2.27. The van der Waals surface area contributed by atoms with Crippen LogP contribution in [0.15, 0.2) is 22.7 Å². The largest absolute Gasteiger partial charge is 0.439 e. The second kappa shape index (κ2) is 5.28. The molecule has 1 aromatic heterocycles. The summed E-state index contributed by atoms with van der Waals surface area (Å²) in [6, 6.07) is 1.21. The number of halogens is 3. The van der Waals surface area contributed by atoms with Gasteiger partial charge in [0.05, 0.1) is 18.3 Å². The molecule has 6 heteroatoms. The summed E-state index contributed by atoms with van der Waals surface area (Å²) in [5, 5.41) is 3.14. The molecule has 3 nitrogen and oxygen atoms in total. The third-order valence-corrected chi connectivity index (χ3v) is 2.58. The van der Waals surface area contributed by atoms with Crippen molar-refractivity contribution in [2.75, 3.05) is 0 Å². The minimum absolute atomic E-state index is 0.0642. The third-order valence-electron chi connectivity index (χ3n) is 2.58. The van der Waals surface area contributed by atoms with Crippen molar-refractivity contribution in [3.8, 4) is 11.3 Å². The molecule has 0 aliphatic heterocycles. The lowest BCUT2D eigenvalue weighted by Crippen LogP contribution is -2.35. The molecular weight excluding hydrogens is 269 g/mol. The summed E-state index contributed by atoms with van der Waals surface area (Å²) < 4.78 is 45.3. The summed E-state index contributed by atoms with van der Waals surface area (Å²) >= 11 is 0. The Bertz CT molecular complexity index is 594. The van der Waals surface area contributed by atoms with E-state index < -0.39 is 23.0 Å². The monoisotopic (exact) mass is 284 g/mol. The van der Waals surface area contributed by atoms with Crippen molar-refractivity contribution in [2.45, 2.75) is 32.9 Å². The van der Waals surface area contributed by atoms with E-state index in [-0.39, 0.29) is 11.3 Å². The molecule has 2 aromatic rings. The zero-order chi connectivity index (χ0) is 14.9. The van der Waals surface area contributed by atoms with Crippen LogP contribution in [-0.4, -0.2) is 10.5 Å². The number of nitrogens with zero attached hydrogens (tertiary/aromatic N) is 1. The first-order chi connectivity index (χ1) is 9.26. The predicted molar refractivity (Wildman–Crippen MR) is 68.4 cm³/mol. The zero-order valence-electron chi connectivity index (χ0n) is 11.4. The number of hydrogen-bond acceptors (Lipinski definition) is 3. The number of benzene rings is 1. The van der Waals surface area contributed by atoms with Gasteiger partial charge in [0.15, 0.2) is 5.76 Å². The van der Waals surface area contributed by atoms with Gasteiger partial charge in [0.2, 0.25) is 5.89 Å². The van der Waals surface area contributed by atoms with Gasteiger partial charge < -0.3 is 9.73 Å². The van der Waals surface area contributed by atoms with Crippen LogP contribution in [0.5, 0.6) is 0 Å². The van der Waals surface area contributed by atoms with Crippen LogP contribution < -0.4 is 5.32 Å². The predicted octanol–water partition coefficient (Wildman–Crippen LogP) is 3.65. The van der Waals surface area contributed by atoms with Crippen LogP contribution >= 0.6 is 0 Å². The van der Waals surface area contributed by atoms with Gasteiger partial charge in [-0.3, -0.25) is 0 Å². The molecule has 0 amide bonds. The molecule has 1 aromatic carbocycles. The maximum Gasteiger partial charge on any atom is 0.208 e. The molecule has 0 bridgehead atoms. The van der Waals surface area contributed by atoms with Crippen LogP contribution in [-0.2, 0) is 6.54 Å². The van der Waals surface area contributed by atoms with Crippen LogP contribution in [0.1, 0.15) is 26.7 Å². The first-order valence-electron chi connectivity index (χ1n) is 6.11. The van der Waals surface area contributed by atoms with Crippen molar-refractivity contribution < 1.29 is 17.6 Å². The molecule has 0 atom stereocenters. The van der Waals surface area contributed by atoms with Gasteiger partial charge in [-0.2, -0.15) is 0 Å². The Balaban J connectivity index is 2.25. The number of aromatic nitrogens is 1. The second-order valence-electron chi connectivity index (χ2n) is 5.47. The second-order valence-corrected chi connectivity index (χ2v) is 5.47. The Kier molecular flexibility index (Phi) is 3.85. The van der Waals surface area contributed by atoms with Gasteiger partial charge in [0, 0.05) is 17.7 Å². The minimum Gasteiger partial charge on any atom is -0.439 e. The summed E-state index contributed by atoms with van der Waals surface area (Å²) in [7, 11) is 0. The highest BCUT2D eigenvalue weighted by atomic mass is 19.1. The van der Waals surface area contributed by atoms with Crippen molar-refractivity contribution in [2.24, 2.45) is 0 Å². The first kappa shape index (κ1) is 14.6. The van der Waals surface area contributed by atoms with Crippen LogP contribution in [0.3, 0.4) is 0 Å². The van der Waals surface area contributed by atoms with E-state index in [0.717, 1.165) is 0 Å². The Morgan fingerprint density at radius 3 is 2.30 bits per heavy atom. The van der Waals surface area contributed by atoms with Crippen LogP contribution in [0.25, 0.3) is 11.3 Å². The van der Waals surface area contributed by atoms with Gasteiger partial charge in [-0.25, -0.2) is 18.2 Å². The van der Waals surface area contributed by atoms with E-state index in [1.807, 2.05) is 20.8 Å². The van der Waals surface area contributed by atoms with E-state index in [0.29, 0.717) is 24.6 Å². The average molecular weight is 284 g/mol. The molecule has 0 spiro atoms. The molecule has 0 fully saturated rings. The quantitative estimate of drug-likeness (QED) is 0.935. The third kappa shape index (κ3) is 3.39. The Morgan fingerprint density at radius 1 is 1.15 bits per heavy atom. The standard InChI is InChI=1S/C14H15F3N2O/c1-14(2,3)19-7-12-18-6-11(20-12)13-9(16)4-8(15)5-10(13)17/h4-6,19H,7H2,1-3H3. The molecule has 0 aliphatic carbocycles. The highest BCUT2D eigenvalue weighted by Gasteiger charge is 2.18. The average Bonchev–Trinajstić information content (AvgIpc) is 2.72. The molecule has 108 valence electrons. The van der Waals surface area contributed by atoms with E-state index in [4.69, 9.17) is 4.42 Å². The number of rotatable bonds is 3. The molecule has 0 unspecified atom stereocenters. The van der Waals surface area contributed by atoms with Crippen molar-refractivity contribution >= 4 is 0 Å². The molecular formula is C14H15F3N2O. The molecule has 20 heavy (non-hydrogen) atoms. The molecule has 1 heterocycles. The van der Waals surface area contributed by atoms with Crippen molar-refractivity contribution in [3.63, 3.8) is 0 Å². The summed E-state index contributed by atoms with van der Waals surface area (Å²) in [6.07, 6.45) is 1.22. The normalized spacial score (nSPS) is 11.9. The Labute approximate surface area is 114 Å². The van der Waals surface area contributed by atoms with E-state index in [2.05, 4.69) is 10.3 Å². The lowest BCUT2D eigenvalue weighted by Gasteiger charge is -2.18. The topological polar surface area (TPSA) is 38.1 Å². The number of nitrogens with one attached hydrogen (secondary N) is 1. The van der Waals surface area contributed by atoms with Gasteiger partial charge in [-0.15, -0.1) is 0 Å². The smallest absolute Gasteiger partial charge is 0.208 e. The van der Waals surface area contributed by atoms with Gasteiger partial charge in [0.1, 0.15) is 17.5 Å². The summed E-state index contributed by atoms with van der Waals surface area (Å²) in [5.74, 6) is -2.77. The molecule has 0 saturated heterocycles. The number of hydrogen-bond donors (Lipinski definition) is 1. The summed E-state index contributed by atoms with van der Waals surface area (Å²) in [5.41, 5.74) is -0.554. The summed E-state index contributed by atoms with van der Waals surface area (Å²) in [4.78, 5) is 3.94. The fourth-order valence-electron chi connectivity index (χ4n) is 1.63. The first-order valence-corrected chi connectivity index (χ1v) is 6.11. The molecule has 0 saturated carbocycles. The minimum atomic E-state index is -1.02. The maximum absolute atomic E-state index is 13.6. The van der Waals surface area contributed by atoms with Gasteiger partial charge >= 0.3 is 0 Å². The SMILES string of the molecule is CC(C)(C)NCc1ncc(-c2c(F)cc(F)cc2F)o1. The molecule has 0 radical (unpaired) electrons. The Morgan fingerprint density at radius 2 is 1.75 bits per heavy atom. The van der Waals surface area contributed by atoms with Crippen LogP contribution in [0, 0.1) is 17.5 Å². The number of oxazole rings is 1. The highest BCUT2D eigenvalue weighted by molar-refractivity contribution is 5.58. The maximum atomic E-state index is 13.6. The van der Waals surface area contributed by atoms with E-state index in [9.17, 15) is 13.2 Å². The van der Waals surface area contributed by atoms with Crippen LogP contribution in [0.2, 0.25) is 0 Å². The van der Waals surface area contributed by atoms with E-state index in [1.165, 1.54) is 6.20 Å². The summed E-state index contributed by atoms with van der Waals surface area (Å²) in [6.45, 7) is 6.23. The Hall–Kier alpha value is -1.82. The van der Waals surface area contributed by atoms with Crippen LogP contribution in [0.4, 0.5) is 13.2 Å². The van der Waals surface area contributed by atoms with Gasteiger partial charge in [0.25, 0.3) is 0 Å². The fraction of sp³-hybridized carbons (Fsp3) is 0.357. The van der Waals surface area contributed by atoms with Crippen molar-refractivity contribution in [1.82, 2.24) is 10.3 Å². The van der Waals surface area contributed by atoms with Crippen molar-refractivity contribution in [1.29, 1.82) is 0 Å². The van der Waals surface area contributed by atoms with E-state index >= 15 is 0 Å². The molecule has 2 rings (SSSR count). The van der Waals surface area contributed by atoms with Gasteiger partial charge in [-0.05, 0) is 20.8 Å². The molecule has 0 aliphatic rings. The molecule has 1 N–H and O–H groups in total. The zero-order valence-corrected chi connectivity index (χ0v) is 11.4. The lowest BCUT2D eigenvalue weighted by atomic mass is 10.1. The van der Waals surface area contributed by atoms with Gasteiger partial charge in [-0.1, -0.05) is 0 Å². The van der Waals surface area contributed by atoms with Crippen molar-refractivity contribution in [3.05, 3.63) is 41.7 Å². The van der Waals surface area contributed by atoms with E-state index in [1.54, 1.807) is 0 Å². The lowest BCUT2D eigenvalue weighted by molar-refractivity contribution is 0.382.